The fourth-order valence-corrected chi connectivity index (χ4v) is 3.26. The molecule has 0 saturated carbocycles. The average molecular weight is 408 g/mol. The van der Waals surface area contributed by atoms with Crippen molar-refractivity contribution in [3.05, 3.63) is 83.4 Å². The average Bonchev–Trinajstić information content (AvgIpc) is 3.15. The molecule has 3 aromatic carbocycles. The van der Waals surface area contributed by atoms with Crippen molar-refractivity contribution in [1.82, 2.24) is 4.98 Å². The van der Waals surface area contributed by atoms with Crippen molar-refractivity contribution < 1.29 is 23.4 Å². The van der Waals surface area contributed by atoms with Crippen molar-refractivity contribution in [3.63, 3.8) is 0 Å². The maximum Gasteiger partial charge on any atom is 0.335 e. The normalized spacial score (nSPS) is 10.9. The van der Waals surface area contributed by atoms with Gasteiger partial charge >= 0.3 is 5.97 Å². The molecule has 4 aromatic rings. The van der Waals surface area contributed by atoms with Crippen molar-refractivity contribution in [1.29, 1.82) is 0 Å². The molecule has 1 aromatic heterocycles. The van der Waals surface area contributed by atoms with Gasteiger partial charge in [0, 0.05) is 34.8 Å². The van der Waals surface area contributed by atoms with E-state index in [1.54, 1.807) is 43.5 Å². The van der Waals surface area contributed by atoms with Crippen LogP contribution in [0.5, 0.6) is 5.75 Å². The highest BCUT2D eigenvalue weighted by Crippen LogP contribution is 2.32. The molecule has 30 heavy (non-hydrogen) atoms. The fraction of sp³-hybridized carbons (Fsp3) is 0.0870. The topological polar surface area (TPSA) is 74.3 Å². The molecule has 152 valence electrons. The van der Waals surface area contributed by atoms with Crippen molar-refractivity contribution in [2.75, 3.05) is 12.4 Å². The Labute approximate surface area is 170 Å². The number of aromatic carboxylic acids is 1. The maximum absolute atomic E-state index is 13.5. The van der Waals surface area contributed by atoms with E-state index in [0.717, 1.165) is 28.9 Å². The van der Waals surface area contributed by atoms with Crippen LogP contribution in [0.1, 0.15) is 15.9 Å². The van der Waals surface area contributed by atoms with E-state index in [0.29, 0.717) is 28.9 Å². The molecule has 0 aliphatic rings. The van der Waals surface area contributed by atoms with E-state index in [9.17, 15) is 13.6 Å². The molecular weight excluding hydrogens is 390 g/mol. The number of carboxylic acids is 1. The number of hydrogen-bond donors (Lipinski definition) is 3. The van der Waals surface area contributed by atoms with Gasteiger partial charge in [0.25, 0.3) is 0 Å². The zero-order chi connectivity index (χ0) is 21.3. The molecule has 0 unspecified atom stereocenters. The molecule has 0 aliphatic heterocycles. The van der Waals surface area contributed by atoms with E-state index in [2.05, 4.69) is 10.3 Å². The molecule has 0 radical (unpaired) electrons. The van der Waals surface area contributed by atoms with E-state index in [1.807, 2.05) is 12.1 Å². The lowest BCUT2D eigenvalue weighted by molar-refractivity contribution is 0.0697. The van der Waals surface area contributed by atoms with E-state index in [4.69, 9.17) is 9.84 Å². The quantitative estimate of drug-likeness (QED) is 0.398. The van der Waals surface area contributed by atoms with E-state index in [-0.39, 0.29) is 5.56 Å². The van der Waals surface area contributed by atoms with Crippen molar-refractivity contribution in [2.24, 2.45) is 0 Å². The van der Waals surface area contributed by atoms with E-state index >= 15 is 0 Å². The van der Waals surface area contributed by atoms with Crippen LogP contribution in [0, 0.1) is 11.6 Å². The molecule has 4 rings (SSSR count). The zero-order valence-corrected chi connectivity index (χ0v) is 16.0. The third kappa shape index (κ3) is 3.82. The van der Waals surface area contributed by atoms with Crippen LogP contribution in [-0.2, 0) is 6.54 Å². The van der Waals surface area contributed by atoms with E-state index < -0.39 is 17.6 Å². The van der Waals surface area contributed by atoms with Crippen molar-refractivity contribution >= 4 is 22.6 Å². The molecule has 0 aliphatic carbocycles. The molecule has 0 atom stereocenters. The summed E-state index contributed by atoms with van der Waals surface area (Å²) in [6.07, 6.45) is 0. The predicted molar refractivity (Wildman–Crippen MR) is 111 cm³/mol. The summed E-state index contributed by atoms with van der Waals surface area (Å²) in [7, 11) is 1.57. The second-order valence-corrected chi connectivity index (χ2v) is 6.81. The van der Waals surface area contributed by atoms with Gasteiger partial charge < -0.3 is 20.1 Å². The van der Waals surface area contributed by atoms with Gasteiger partial charge in [0.1, 0.15) is 5.75 Å². The van der Waals surface area contributed by atoms with Crippen LogP contribution in [0.4, 0.5) is 14.5 Å². The SMILES string of the molecule is COc1ccc(-c2cc3cc(F)c(F)cc3[nH]2)cc1NCc1ccc(C(=O)O)cc1. The third-order valence-corrected chi connectivity index (χ3v) is 4.86. The van der Waals surface area contributed by atoms with Crippen molar-refractivity contribution in [2.45, 2.75) is 6.54 Å². The van der Waals surface area contributed by atoms with Gasteiger partial charge in [-0.2, -0.15) is 0 Å². The maximum atomic E-state index is 13.5. The monoisotopic (exact) mass is 408 g/mol. The van der Waals surface area contributed by atoms with Crippen LogP contribution >= 0.6 is 0 Å². The Morgan fingerprint density at radius 1 is 1.03 bits per heavy atom. The van der Waals surface area contributed by atoms with Crippen LogP contribution in [-0.4, -0.2) is 23.2 Å². The second kappa shape index (κ2) is 7.87. The summed E-state index contributed by atoms with van der Waals surface area (Å²) < 4.78 is 32.4. The number of methoxy groups -OCH3 is 1. The second-order valence-electron chi connectivity index (χ2n) is 6.81. The Morgan fingerprint density at radius 3 is 2.47 bits per heavy atom. The summed E-state index contributed by atoms with van der Waals surface area (Å²) in [5, 5.41) is 12.9. The van der Waals surface area contributed by atoms with Gasteiger partial charge in [-0.25, -0.2) is 13.6 Å². The largest absolute Gasteiger partial charge is 0.495 e. The van der Waals surface area contributed by atoms with Gasteiger partial charge in [0.05, 0.1) is 18.4 Å². The van der Waals surface area contributed by atoms with Crippen LogP contribution in [0.15, 0.2) is 60.7 Å². The molecule has 0 saturated heterocycles. The first-order valence-electron chi connectivity index (χ1n) is 9.17. The third-order valence-electron chi connectivity index (χ3n) is 4.86. The summed E-state index contributed by atoms with van der Waals surface area (Å²) in [6, 6.07) is 16.2. The summed E-state index contributed by atoms with van der Waals surface area (Å²) in [5.74, 6) is -2.13. The number of anilines is 1. The molecule has 0 bridgehead atoms. The van der Waals surface area contributed by atoms with Gasteiger partial charge in [-0.3, -0.25) is 0 Å². The van der Waals surface area contributed by atoms with Crippen LogP contribution in [0.3, 0.4) is 0 Å². The van der Waals surface area contributed by atoms with Gasteiger partial charge in [0.2, 0.25) is 0 Å². The highest BCUT2D eigenvalue weighted by atomic mass is 19.2. The number of fused-ring (bicyclic) bond motifs is 1. The molecular formula is C23H18F2N2O3. The standard InChI is InChI=1S/C23H18F2N2O3/c1-30-22-7-6-15(19-10-16-8-17(24)18(25)11-20(16)27-19)9-21(22)26-12-13-2-4-14(5-3-13)23(28)29/h2-11,26-27H,12H2,1H3,(H,28,29). The highest BCUT2D eigenvalue weighted by molar-refractivity contribution is 5.88. The zero-order valence-electron chi connectivity index (χ0n) is 16.0. The molecule has 0 fully saturated rings. The lowest BCUT2D eigenvalue weighted by atomic mass is 10.1. The Hall–Kier alpha value is -3.87. The Kier molecular flexibility index (Phi) is 5.10. The molecule has 5 nitrogen and oxygen atoms in total. The van der Waals surface area contributed by atoms with Crippen molar-refractivity contribution in [3.8, 4) is 17.0 Å². The first kappa shape index (κ1) is 19.4. The minimum Gasteiger partial charge on any atom is -0.495 e. The molecule has 3 N–H and O–H groups in total. The summed E-state index contributed by atoms with van der Waals surface area (Å²) in [4.78, 5) is 14.1. The number of H-pyrrole nitrogens is 1. The van der Waals surface area contributed by atoms with Gasteiger partial charge in [-0.15, -0.1) is 0 Å². The number of ether oxygens (including phenoxy) is 1. The first-order valence-corrected chi connectivity index (χ1v) is 9.17. The molecule has 1 heterocycles. The van der Waals surface area contributed by atoms with Gasteiger partial charge in [0.15, 0.2) is 11.6 Å². The number of benzene rings is 3. The van der Waals surface area contributed by atoms with Crippen LogP contribution < -0.4 is 10.1 Å². The highest BCUT2D eigenvalue weighted by Gasteiger charge is 2.11. The molecule has 0 amide bonds. The molecule has 7 heteroatoms. The summed E-state index contributed by atoms with van der Waals surface area (Å²) >= 11 is 0. The minimum atomic E-state index is -0.970. The van der Waals surface area contributed by atoms with Crippen LogP contribution in [0.25, 0.3) is 22.2 Å². The lowest BCUT2D eigenvalue weighted by Crippen LogP contribution is -2.03. The number of hydrogen-bond acceptors (Lipinski definition) is 3. The number of carbonyl (C=O) groups is 1. The first-order chi connectivity index (χ1) is 14.4. The summed E-state index contributed by atoms with van der Waals surface area (Å²) in [6.45, 7) is 0.461. The molecule has 0 spiro atoms. The number of aromatic amines is 1. The van der Waals surface area contributed by atoms with Crippen LogP contribution in [0.2, 0.25) is 0 Å². The fourth-order valence-electron chi connectivity index (χ4n) is 3.26. The minimum absolute atomic E-state index is 0.227. The lowest BCUT2D eigenvalue weighted by Gasteiger charge is -2.13. The Morgan fingerprint density at radius 2 is 1.77 bits per heavy atom. The van der Waals surface area contributed by atoms with Gasteiger partial charge in [-0.1, -0.05) is 12.1 Å². The number of nitrogens with one attached hydrogen (secondary N) is 2. The Balaban J connectivity index is 1.61. The van der Waals surface area contributed by atoms with E-state index in [1.165, 1.54) is 0 Å². The Bertz CT molecular complexity index is 1190. The number of rotatable bonds is 6. The number of carboxylic acid groups (broad SMARTS) is 1. The predicted octanol–water partition coefficient (Wildman–Crippen LogP) is 5.43. The number of halogens is 2. The van der Waals surface area contributed by atoms with Gasteiger partial charge in [-0.05, 0) is 48.0 Å². The smallest absolute Gasteiger partial charge is 0.335 e. The number of aromatic nitrogens is 1. The summed E-state index contributed by atoms with van der Waals surface area (Å²) in [5.41, 5.74) is 3.90.